The van der Waals surface area contributed by atoms with E-state index >= 15 is 0 Å². The Labute approximate surface area is 154 Å². The molecule has 0 bridgehead atoms. The fourth-order valence-electron chi connectivity index (χ4n) is 3.10. The summed E-state index contributed by atoms with van der Waals surface area (Å²) < 4.78 is 24.9. The smallest absolute Gasteiger partial charge is 0.251 e. The summed E-state index contributed by atoms with van der Waals surface area (Å²) in [4.78, 5) is 16.4. The Kier molecular flexibility index (Phi) is 4.24. The first-order valence-corrected chi connectivity index (χ1v) is 8.47. The minimum Gasteiger partial charge on any atom is -0.497 e. The van der Waals surface area contributed by atoms with Gasteiger partial charge in [-0.1, -0.05) is 12.1 Å². The lowest BCUT2D eigenvalue weighted by molar-refractivity contribution is 0.0940. The third kappa shape index (κ3) is 3.10. The van der Waals surface area contributed by atoms with Gasteiger partial charge >= 0.3 is 0 Å². The van der Waals surface area contributed by atoms with Crippen LogP contribution in [0.1, 0.15) is 28.9 Å². The molecule has 6 heteroatoms. The van der Waals surface area contributed by atoms with Crippen LogP contribution in [0.2, 0.25) is 0 Å². The van der Waals surface area contributed by atoms with Gasteiger partial charge in [0.2, 0.25) is 0 Å². The molecular formula is C21H17FN2O3. The molecule has 2 aromatic heterocycles. The van der Waals surface area contributed by atoms with Crippen molar-refractivity contribution in [2.24, 2.45) is 0 Å². The third-order valence-corrected chi connectivity index (χ3v) is 4.54. The van der Waals surface area contributed by atoms with Crippen molar-refractivity contribution in [2.45, 2.75) is 13.0 Å². The molecular weight excluding hydrogens is 347 g/mol. The van der Waals surface area contributed by atoms with Crippen molar-refractivity contribution in [3.8, 4) is 5.75 Å². The SMILES string of the molecule is COc1cccc(C(C)NC(=O)c2ccc3c(c2)oc2cncc(F)c23)c1. The van der Waals surface area contributed by atoms with Crippen LogP contribution < -0.4 is 10.1 Å². The van der Waals surface area contributed by atoms with E-state index < -0.39 is 5.82 Å². The minimum atomic E-state index is -0.449. The summed E-state index contributed by atoms with van der Waals surface area (Å²) >= 11 is 0. The van der Waals surface area contributed by atoms with E-state index in [1.165, 1.54) is 6.20 Å². The van der Waals surface area contributed by atoms with Gasteiger partial charge in [0.15, 0.2) is 11.4 Å². The van der Waals surface area contributed by atoms with E-state index in [0.717, 1.165) is 17.5 Å². The van der Waals surface area contributed by atoms with Gasteiger partial charge in [-0.3, -0.25) is 9.78 Å². The molecule has 1 unspecified atom stereocenters. The van der Waals surface area contributed by atoms with E-state index in [-0.39, 0.29) is 11.9 Å². The summed E-state index contributed by atoms with van der Waals surface area (Å²) in [5, 5.41) is 3.94. The number of amides is 1. The van der Waals surface area contributed by atoms with Crippen molar-refractivity contribution in [1.29, 1.82) is 0 Å². The maximum Gasteiger partial charge on any atom is 0.251 e. The van der Waals surface area contributed by atoms with E-state index in [0.29, 0.717) is 27.5 Å². The van der Waals surface area contributed by atoms with Crippen LogP contribution >= 0.6 is 0 Å². The van der Waals surface area contributed by atoms with Crippen LogP contribution in [-0.2, 0) is 0 Å². The van der Waals surface area contributed by atoms with Crippen LogP contribution in [0.15, 0.2) is 59.3 Å². The topological polar surface area (TPSA) is 64.4 Å². The monoisotopic (exact) mass is 364 g/mol. The molecule has 0 aliphatic rings. The van der Waals surface area contributed by atoms with Crippen molar-refractivity contribution < 1.29 is 18.3 Å². The number of furan rings is 1. The first kappa shape index (κ1) is 17.0. The van der Waals surface area contributed by atoms with Gasteiger partial charge < -0.3 is 14.5 Å². The summed E-state index contributed by atoms with van der Waals surface area (Å²) in [5.74, 6) is 0.0364. The van der Waals surface area contributed by atoms with Crippen LogP contribution in [0.4, 0.5) is 4.39 Å². The lowest BCUT2D eigenvalue weighted by Gasteiger charge is -2.15. The molecule has 0 fully saturated rings. The molecule has 0 radical (unpaired) electrons. The van der Waals surface area contributed by atoms with Crippen molar-refractivity contribution in [3.05, 3.63) is 71.8 Å². The number of aromatic nitrogens is 1. The molecule has 5 nitrogen and oxygen atoms in total. The molecule has 136 valence electrons. The van der Waals surface area contributed by atoms with Crippen LogP contribution in [0, 0.1) is 5.82 Å². The molecule has 2 heterocycles. The Morgan fingerprint density at radius 1 is 1.19 bits per heavy atom. The zero-order chi connectivity index (χ0) is 19.0. The molecule has 1 atom stereocenters. The minimum absolute atomic E-state index is 0.208. The second-order valence-electron chi connectivity index (χ2n) is 6.28. The maximum atomic E-state index is 14.0. The number of carbonyl (C=O) groups excluding carboxylic acids is 1. The number of rotatable bonds is 4. The van der Waals surface area contributed by atoms with E-state index in [4.69, 9.17) is 9.15 Å². The van der Waals surface area contributed by atoms with Crippen molar-refractivity contribution in [2.75, 3.05) is 7.11 Å². The first-order valence-electron chi connectivity index (χ1n) is 8.47. The first-order chi connectivity index (χ1) is 13.1. The van der Waals surface area contributed by atoms with Gasteiger partial charge in [-0.25, -0.2) is 4.39 Å². The highest BCUT2D eigenvalue weighted by atomic mass is 19.1. The fourth-order valence-corrected chi connectivity index (χ4v) is 3.10. The van der Waals surface area contributed by atoms with E-state index in [1.54, 1.807) is 25.3 Å². The van der Waals surface area contributed by atoms with Gasteiger partial charge in [0, 0.05) is 10.9 Å². The van der Waals surface area contributed by atoms with Crippen molar-refractivity contribution >= 4 is 27.8 Å². The second kappa shape index (κ2) is 6.72. The van der Waals surface area contributed by atoms with Gasteiger partial charge in [0.25, 0.3) is 5.91 Å². The third-order valence-electron chi connectivity index (χ3n) is 4.54. The van der Waals surface area contributed by atoms with Crippen LogP contribution in [0.3, 0.4) is 0 Å². The number of methoxy groups -OCH3 is 1. The Balaban J connectivity index is 1.62. The summed E-state index contributed by atoms with van der Waals surface area (Å²) in [7, 11) is 1.60. The molecule has 0 saturated heterocycles. The number of nitrogens with one attached hydrogen (secondary N) is 1. The number of benzene rings is 2. The molecule has 0 aliphatic heterocycles. The number of halogens is 1. The highest BCUT2D eigenvalue weighted by Gasteiger charge is 2.16. The normalized spacial score (nSPS) is 12.3. The second-order valence-corrected chi connectivity index (χ2v) is 6.28. The molecule has 2 aromatic carbocycles. The van der Waals surface area contributed by atoms with Gasteiger partial charge in [0.05, 0.1) is 30.9 Å². The molecule has 0 aliphatic carbocycles. The van der Waals surface area contributed by atoms with Gasteiger partial charge in [-0.15, -0.1) is 0 Å². The predicted octanol–water partition coefficient (Wildman–Crippen LogP) is 4.62. The summed E-state index contributed by atoms with van der Waals surface area (Å²) in [6, 6.07) is 12.3. The highest BCUT2D eigenvalue weighted by Crippen LogP contribution is 2.30. The largest absolute Gasteiger partial charge is 0.497 e. The van der Waals surface area contributed by atoms with Gasteiger partial charge in [-0.2, -0.15) is 0 Å². The molecule has 4 rings (SSSR count). The lowest BCUT2D eigenvalue weighted by atomic mass is 10.1. The average molecular weight is 364 g/mol. The van der Waals surface area contributed by atoms with Gasteiger partial charge in [-0.05, 0) is 42.8 Å². The molecule has 1 N–H and O–H groups in total. The Hall–Kier alpha value is -3.41. The standard InChI is InChI=1S/C21H17FN2O3/c1-12(13-4-3-5-15(8-13)26-2)24-21(25)14-6-7-16-18(9-14)27-19-11-23-10-17(22)20(16)19/h3-12H,1-2H3,(H,24,25). The number of hydrogen-bond acceptors (Lipinski definition) is 4. The average Bonchev–Trinajstić information content (AvgIpc) is 3.06. The summed E-state index contributed by atoms with van der Waals surface area (Å²) in [6.45, 7) is 1.90. The number of pyridine rings is 1. The zero-order valence-corrected chi connectivity index (χ0v) is 14.8. The fraction of sp³-hybridized carbons (Fsp3) is 0.143. The predicted molar refractivity (Wildman–Crippen MR) is 100 cm³/mol. The van der Waals surface area contributed by atoms with Crippen LogP contribution in [0.25, 0.3) is 21.9 Å². The number of hydrogen-bond donors (Lipinski definition) is 1. The molecule has 27 heavy (non-hydrogen) atoms. The number of ether oxygens (including phenoxy) is 1. The van der Waals surface area contributed by atoms with Crippen molar-refractivity contribution in [3.63, 3.8) is 0 Å². The molecule has 0 saturated carbocycles. The van der Waals surface area contributed by atoms with E-state index in [9.17, 15) is 9.18 Å². The number of nitrogens with zero attached hydrogens (tertiary/aromatic N) is 1. The quantitative estimate of drug-likeness (QED) is 0.574. The molecule has 1 amide bonds. The van der Waals surface area contributed by atoms with Gasteiger partial charge in [0.1, 0.15) is 11.3 Å². The molecule has 0 spiro atoms. The maximum absolute atomic E-state index is 14.0. The Morgan fingerprint density at radius 2 is 2.04 bits per heavy atom. The van der Waals surface area contributed by atoms with Crippen molar-refractivity contribution in [1.82, 2.24) is 10.3 Å². The molecule has 4 aromatic rings. The summed E-state index contributed by atoms with van der Waals surface area (Å²) in [5.41, 5.74) is 2.16. The zero-order valence-electron chi connectivity index (χ0n) is 14.8. The lowest BCUT2D eigenvalue weighted by Crippen LogP contribution is -2.26. The Bertz CT molecular complexity index is 1150. The number of carbonyl (C=O) groups is 1. The van der Waals surface area contributed by atoms with Crippen LogP contribution in [-0.4, -0.2) is 18.0 Å². The highest BCUT2D eigenvalue weighted by molar-refractivity contribution is 6.07. The van der Waals surface area contributed by atoms with Crippen LogP contribution in [0.5, 0.6) is 5.75 Å². The van der Waals surface area contributed by atoms with E-state index in [2.05, 4.69) is 10.3 Å². The summed E-state index contributed by atoms with van der Waals surface area (Å²) in [6.07, 6.45) is 2.61. The Morgan fingerprint density at radius 3 is 2.85 bits per heavy atom. The number of fused-ring (bicyclic) bond motifs is 3. The van der Waals surface area contributed by atoms with E-state index in [1.807, 2.05) is 31.2 Å².